The van der Waals surface area contributed by atoms with Crippen molar-refractivity contribution >= 4 is 24.8 Å². The number of rotatable bonds is 6. The van der Waals surface area contributed by atoms with Crippen molar-refractivity contribution in [3.05, 3.63) is 0 Å². The van der Waals surface area contributed by atoms with E-state index in [0.29, 0.717) is 5.04 Å². The van der Waals surface area contributed by atoms with Gasteiger partial charge in [-0.05, 0) is 18.1 Å². The summed E-state index contributed by atoms with van der Waals surface area (Å²) in [6, 6.07) is 0. The summed E-state index contributed by atoms with van der Waals surface area (Å²) in [6.07, 6.45) is 0. The van der Waals surface area contributed by atoms with E-state index in [0.717, 1.165) is 13.2 Å². The molecule has 5 heteroatoms. The van der Waals surface area contributed by atoms with Gasteiger partial charge in [0.2, 0.25) is 0 Å². The summed E-state index contributed by atoms with van der Waals surface area (Å²) in [7, 11) is -4.05. The molecular formula is C14H37NOSi3. The van der Waals surface area contributed by atoms with Gasteiger partial charge in [0.05, 0.1) is 0 Å². The van der Waals surface area contributed by atoms with Crippen LogP contribution in [-0.2, 0) is 4.43 Å². The third-order valence-corrected chi connectivity index (χ3v) is 16.5. The number of hydrogen-bond acceptors (Lipinski definition) is 2. The first kappa shape index (κ1) is 19.6. The molecular weight excluding hydrogens is 282 g/mol. The molecule has 0 aromatic heterocycles. The number of hydrogen-bond donors (Lipinski definition) is 0. The quantitative estimate of drug-likeness (QED) is 0.640. The lowest BCUT2D eigenvalue weighted by molar-refractivity contribution is 0.274. The fraction of sp³-hybridized carbons (Fsp3) is 1.00. The van der Waals surface area contributed by atoms with Crippen LogP contribution in [-0.4, -0.2) is 42.2 Å². The fourth-order valence-electron chi connectivity index (χ4n) is 2.29. The van der Waals surface area contributed by atoms with Gasteiger partial charge in [-0.2, -0.15) is 0 Å². The highest BCUT2D eigenvalue weighted by Crippen LogP contribution is 2.36. The predicted molar refractivity (Wildman–Crippen MR) is 96.5 cm³/mol. The molecule has 0 spiro atoms. The Labute approximate surface area is 125 Å². The molecule has 0 rings (SSSR count). The minimum Gasteiger partial charge on any atom is -0.416 e. The van der Waals surface area contributed by atoms with E-state index in [-0.39, 0.29) is 0 Å². The lowest BCUT2D eigenvalue weighted by atomic mass is 10.2. The summed E-state index contributed by atoms with van der Waals surface area (Å²) < 4.78 is 9.17. The Hall–Kier alpha value is 0.571. The third kappa shape index (κ3) is 6.25. The molecule has 116 valence electrons. The third-order valence-electron chi connectivity index (χ3n) is 4.20. The molecule has 0 bridgehead atoms. The molecule has 19 heavy (non-hydrogen) atoms. The van der Waals surface area contributed by atoms with Crippen LogP contribution in [0.15, 0.2) is 0 Å². The monoisotopic (exact) mass is 319 g/mol. The first-order chi connectivity index (χ1) is 8.09. The standard InChI is InChI=1S/C14H37NOSi3/c1-14(2,3)19(10,11)16-13-12-15(17(4,5)6)18(7,8)9/h12-13H2,1-11H3. The van der Waals surface area contributed by atoms with E-state index in [9.17, 15) is 0 Å². The maximum atomic E-state index is 6.36. The summed E-state index contributed by atoms with van der Waals surface area (Å²) in [5.41, 5.74) is 0. The van der Waals surface area contributed by atoms with E-state index < -0.39 is 24.8 Å². The zero-order valence-corrected chi connectivity index (χ0v) is 18.3. The molecule has 0 aliphatic carbocycles. The summed E-state index contributed by atoms with van der Waals surface area (Å²) >= 11 is 0. The van der Waals surface area contributed by atoms with Crippen molar-refractivity contribution in [2.45, 2.75) is 78.2 Å². The summed E-state index contributed by atoms with van der Waals surface area (Å²) in [6.45, 7) is 28.4. The van der Waals surface area contributed by atoms with Crippen molar-refractivity contribution in [1.29, 1.82) is 0 Å². The van der Waals surface area contributed by atoms with Crippen molar-refractivity contribution in [3.63, 3.8) is 0 Å². The predicted octanol–water partition coefficient (Wildman–Crippen LogP) is 4.98. The average molecular weight is 320 g/mol. The van der Waals surface area contributed by atoms with E-state index in [1.807, 2.05) is 0 Å². The smallest absolute Gasteiger partial charge is 0.192 e. The van der Waals surface area contributed by atoms with Crippen LogP contribution in [0.2, 0.25) is 57.4 Å². The molecule has 0 saturated carbocycles. The van der Waals surface area contributed by atoms with Crippen LogP contribution < -0.4 is 0 Å². The largest absolute Gasteiger partial charge is 0.416 e. The molecule has 0 unspecified atom stereocenters. The molecule has 0 aromatic carbocycles. The fourth-order valence-corrected chi connectivity index (χ4v) is 12.9. The van der Waals surface area contributed by atoms with Gasteiger partial charge in [0, 0.05) is 13.2 Å². The van der Waals surface area contributed by atoms with E-state index in [4.69, 9.17) is 4.43 Å². The van der Waals surface area contributed by atoms with Crippen LogP contribution in [0.3, 0.4) is 0 Å². The molecule has 0 aromatic rings. The van der Waals surface area contributed by atoms with Gasteiger partial charge in [0.25, 0.3) is 0 Å². The Kier molecular flexibility index (Phi) is 6.32. The molecule has 0 atom stereocenters. The van der Waals surface area contributed by atoms with Crippen LogP contribution in [0.4, 0.5) is 0 Å². The molecule has 0 heterocycles. The van der Waals surface area contributed by atoms with Gasteiger partial charge in [-0.1, -0.05) is 60.1 Å². The lowest BCUT2D eigenvalue weighted by Gasteiger charge is -2.44. The van der Waals surface area contributed by atoms with Crippen molar-refractivity contribution in [2.75, 3.05) is 13.2 Å². The van der Waals surface area contributed by atoms with Crippen molar-refractivity contribution < 1.29 is 4.43 Å². The molecule has 0 fully saturated rings. The molecule has 0 saturated heterocycles. The Balaban J connectivity index is 4.62. The van der Waals surface area contributed by atoms with E-state index >= 15 is 0 Å². The average Bonchev–Trinajstić information content (AvgIpc) is 2.05. The zero-order chi connectivity index (χ0) is 15.7. The molecule has 0 aliphatic rings. The Morgan fingerprint density at radius 3 is 1.42 bits per heavy atom. The first-order valence-corrected chi connectivity index (χ1v) is 17.3. The maximum Gasteiger partial charge on any atom is 0.192 e. The molecule has 0 amide bonds. The summed E-state index contributed by atoms with van der Waals surface area (Å²) in [5, 5.41) is 0.316. The first-order valence-electron chi connectivity index (χ1n) is 7.51. The van der Waals surface area contributed by atoms with Crippen molar-refractivity contribution in [3.8, 4) is 0 Å². The van der Waals surface area contributed by atoms with Crippen LogP contribution in [0.5, 0.6) is 0 Å². The van der Waals surface area contributed by atoms with Crippen LogP contribution in [0, 0.1) is 0 Å². The minimum absolute atomic E-state index is 0.316. The van der Waals surface area contributed by atoms with E-state index in [1.54, 1.807) is 0 Å². The normalized spacial score (nSPS) is 15.2. The van der Waals surface area contributed by atoms with E-state index in [2.05, 4.69) is 77.4 Å². The van der Waals surface area contributed by atoms with Gasteiger partial charge in [0.15, 0.2) is 8.32 Å². The lowest BCUT2D eigenvalue weighted by Crippen LogP contribution is -2.60. The zero-order valence-electron chi connectivity index (χ0n) is 15.3. The number of nitrogens with zero attached hydrogens (tertiary/aromatic N) is 1. The second-order valence-corrected chi connectivity index (χ2v) is 24.1. The Bertz CT molecular complexity index is 271. The Morgan fingerprint density at radius 1 is 0.789 bits per heavy atom. The molecule has 0 N–H and O–H groups in total. The topological polar surface area (TPSA) is 12.5 Å². The van der Waals surface area contributed by atoms with Crippen LogP contribution in [0.25, 0.3) is 0 Å². The maximum absolute atomic E-state index is 6.36. The van der Waals surface area contributed by atoms with Gasteiger partial charge in [-0.25, -0.2) is 0 Å². The molecule has 0 aliphatic heterocycles. The van der Waals surface area contributed by atoms with Crippen molar-refractivity contribution in [2.24, 2.45) is 0 Å². The minimum atomic E-state index is -1.59. The van der Waals surface area contributed by atoms with Gasteiger partial charge in [-0.3, -0.25) is 0 Å². The van der Waals surface area contributed by atoms with Gasteiger partial charge in [0.1, 0.15) is 16.5 Å². The van der Waals surface area contributed by atoms with Gasteiger partial charge < -0.3 is 8.66 Å². The summed E-state index contributed by atoms with van der Waals surface area (Å²) in [5.74, 6) is 0. The molecule has 0 radical (unpaired) electrons. The van der Waals surface area contributed by atoms with Crippen LogP contribution >= 0.6 is 0 Å². The SMILES string of the molecule is CC(C)(C)[Si](C)(C)OCCN([Si](C)(C)C)[Si](C)(C)C. The highest BCUT2D eigenvalue weighted by Gasteiger charge is 2.38. The van der Waals surface area contributed by atoms with Crippen LogP contribution in [0.1, 0.15) is 20.8 Å². The second kappa shape index (κ2) is 6.13. The summed E-state index contributed by atoms with van der Waals surface area (Å²) in [4.78, 5) is 0. The highest BCUT2D eigenvalue weighted by atomic mass is 28.4. The van der Waals surface area contributed by atoms with Crippen molar-refractivity contribution in [1.82, 2.24) is 4.23 Å². The molecule has 2 nitrogen and oxygen atoms in total. The van der Waals surface area contributed by atoms with Gasteiger partial charge in [-0.15, -0.1) is 0 Å². The second-order valence-electron chi connectivity index (χ2n) is 9.10. The highest BCUT2D eigenvalue weighted by molar-refractivity contribution is 6.89. The van der Waals surface area contributed by atoms with Gasteiger partial charge >= 0.3 is 0 Å². The van der Waals surface area contributed by atoms with E-state index in [1.165, 1.54) is 0 Å². The Morgan fingerprint density at radius 2 is 1.16 bits per heavy atom.